The predicted molar refractivity (Wildman–Crippen MR) is 78.9 cm³/mol. The Labute approximate surface area is 118 Å². The largest absolute Gasteiger partial charge is 0.397 e. The Kier molecular flexibility index (Phi) is 3.48. The number of nitrogens with two attached hydrogens (primary N) is 1. The summed E-state index contributed by atoms with van der Waals surface area (Å²) in [5.74, 6) is 0. The summed E-state index contributed by atoms with van der Waals surface area (Å²) < 4.78 is 0. The highest BCUT2D eigenvalue weighted by atomic mass is 16.6. The second-order valence-corrected chi connectivity index (χ2v) is 5.63. The van der Waals surface area contributed by atoms with Crippen LogP contribution in [-0.2, 0) is 0 Å². The van der Waals surface area contributed by atoms with Crippen molar-refractivity contribution >= 4 is 17.1 Å². The lowest BCUT2D eigenvalue weighted by Gasteiger charge is -2.45. The number of nitrogen functional groups attached to an aromatic ring is 1. The molecule has 6 heteroatoms. The van der Waals surface area contributed by atoms with Crippen LogP contribution in [0.3, 0.4) is 0 Å². The molecule has 0 spiro atoms. The van der Waals surface area contributed by atoms with Crippen molar-refractivity contribution in [3.8, 4) is 0 Å². The van der Waals surface area contributed by atoms with E-state index < -0.39 is 4.92 Å². The fourth-order valence-electron chi connectivity index (χ4n) is 3.32. The van der Waals surface area contributed by atoms with Crippen LogP contribution in [0.1, 0.15) is 19.3 Å². The Hall–Kier alpha value is -1.82. The first kappa shape index (κ1) is 13.2. The molecule has 0 aliphatic carbocycles. The summed E-state index contributed by atoms with van der Waals surface area (Å²) in [5.41, 5.74) is 7.49. The van der Waals surface area contributed by atoms with Gasteiger partial charge in [-0.15, -0.1) is 0 Å². The van der Waals surface area contributed by atoms with Crippen LogP contribution in [0.25, 0.3) is 0 Å². The molecule has 108 valence electrons. The van der Waals surface area contributed by atoms with Crippen LogP contribution in [-0.4, -0.2) is 42.0 Å². The third-order valence-electron chi connectivity index (χ3n) is 4.40. The number of piperidine rings is 1. The van der Waals surface area contributed by atoms with Gasteiger partial charge in [0.05, 0.1) is 16.3 Å². The Balaban J connectivity index is 1.78. The molecule has 3 rings (SSSR count). The highest BCUT2D eigenvalue weighted by Gasteiger charge is 2.29. The van der Waals surface area contributed by atoms with E-state index in [2.05, 4.69) is 9.80 Å². The van der Waals surface area contributed by atoms with Crippen molar-refractivity contribution in [2.45, 2.75) is 25.3 Å². The molecule has 6 nitrogen and oxygen atoms in total. The van der Waals surface area contributed by atoms with E-state index >= 15 is 0 Å². The summed E-state index contributed by atoms with van der Waals surface area (Å²) in [4.78, 5) is 15.2. The van der Waals surface area contributed by atoms with Gasteiger partial charge in [-0.1, -0.05) is 6.42 Å². The van der Waals surface area contributed by atoms with Crippen molar-refractivity contribution in [1.29, 1.82) is 0 Å². The van der Waals surface area contributed by atoms with E-state index in [-0.39, 0.29) is 5.69 Å². The molecule has 0 aromatic heterocycles. The van der Waals surface area contributed by atoms with Gasteiger partial charge in [0.2, 0.25) is 0 Å². The summed E-state index contributed by atoms with van der Waals surface area (Å²) in [7, 11) is 0. The zero-order chi connectivity index (χ0) is 14.1. The zero-order valence-corrected chi connectivity index (χ0v) is 11.5. The maximum Gasteiger partial charge on any atom is 0.271 e. The first-order chi connectivity index (χ1) is 9.65. The normalized spacial score (nSPS) is 23.4. The van der Waals surface area contributed by atoms with Crippen molar-refractivity contribution in [3.05, 3.63) is 28.3 Å². The highest BCUT2D eigenvalue weighted by molar-refractivity contribution is 5.70. The van der Waals surface area contributed by atoms with Gasteiger partial charge in [0.25, 0.3) is 5.69 Å². The number of benzene rings is 1. The number of nitro benzene ring substituents is 1. The molecular formula is C14H20N4O2. The van der Waals surface area contributed by atoms with Crippen molar-refractivity contribution in [2.75, 3.05) is 36.8 Å². The monoisotopic (exact) mass is 276 g/mol. The van der Waals surface area contributed by atoms with Gasteiger partial charge in [-0.2, -0.15) is 0 Å². The van der Waals surface area contributed by atoms with Crippen LogP contribution in [0.5, 0.6) is 0 Å². The fourth-order valence-corrected chi connectivity index (χ4v) is 3.32. The summed E-state index contributed by atoms with van der Waals surface area (Å²) >= 11 is 0. The second-order valence-electron chi connectivity index (χ2n) is 5.63. The van der Waals surface area contributed by atoms with Crippen molar-refractivity contribution in [2.24, 2.45) is 0 Å². The van der Waals surface area contributed by atoms with Crippen molar-refractivity contribution < 1.29 is 4.92 Å². The summed E-state index contributed by atoms with van der Waals surface area (Å²) in [6, 6.07) is 5.39. The van der Waals surface area contributed by atoms with E-state index in [4.69, 9.17) is 5.73 Å². The molecule has 0 radical (unpaired) electrons. The smallest absolute Gasteiger partial charge is 0.271 e. The number of fused-ring (bicyclic) bond motifs is 1. The van der Waals surface area contributed by atoms with Gasteiger partial charge < -0.3 is 10.6 Å². The summed E-state index contributed by atoms with van der Waals surface area (Å²) in [6.45, 7) is 4.18. The molecule has 1 unspecified atom stereocenters. The lowest BCUT2D eigenvalue weighted by molar-refractivity contribution is -0.384. The third kappa shape index (κ3) is 2.43. The molecule has 1 aromatic carbocycles. The molecule has 0 bridgehead atoms. The molecule has 2 heterocycles. The van der Waals surface area contributed by atoms with E-state index in [1.807, 2.05) is 0 Å². The Morgan fingerprint density at radius 3 is 2.85 bits per heavy atom. The van der Waals surface area contributed by atoms with Gasteiger partial charge in [0.1, 0.15) is 0 Å². The Bertz CT molecular complexity index is 520. The predicted octanol–water partition coefficient (Wildman–Crippen LogP) is 1.85. The van der Waals surface area contributed by atoms with Gasteiger partial charge in [0, 0.05) is 37.8 Å². The molecule has 2 aliphatic rings. The van der Waals surface area contributed by atoms with E-state index in [0.717, 1.165) is 25.3 Å². The van der Waals surface area contributed by atoms with Gasteiger partial charge in [0.15, 0.2) is 0 Å². The van der Waals surface area contributed by atoms with Crippen molar-refractivity contribution in [3.63, 3.8) is 0 Å². The minimum Gasteiger partial charge on any atom is -0.397 e. The average Bonchev–Trinajstić information content (AvgIpc) is 2.46. The first-order valence-electron chi connectivity index (χ1n) is 7.18. The summed E-state index contributed by atoms with van der Waals surface area (Å²) in [5, 5.41) is 10.8. The van der Waals surface area contributed by atoms with Gasteiger partial charge in [-0.3, -0.25) is 15.0 Å². The number of rotatable bonds is 2. The topological polar surface area (TPSA) is 75.6 Å². The van der Waals surface area contributed by atoms with E-state index in [1.54, 1.807) is 12.1 Å². The van der Waals surface area contributed by atoms with Crippen molar-refractivity contribution in [1.82, 2.24) is 4.90 Å². The molecule has 2 N–H and O–H groups in total. The molecular weight excluding hydrogens is 256 g/mol. The minimum atomic E-state index is -0.404. The number of nitro groups is 1. The average molecular weight is 276 g/mol. The van der Waals surface area contributed by atoms with Crippen LogP contribution in [0, 0.1) is 10.1 Å². The molecule has 2 fully saturated rings. The number of hydrogen-bond acceptors (Lipinski definition) is 5. The number of nitrogens with zero attached hydrogens (tertiary/aromatic N) is 3. The Morgan fingerprint density at radius 2 is 2.10 bits per heavy atom. The van der Waals surface area contributed by atoms with Crippen LogP contribution < -0.4 is 10.6 Å². The summed E-state index contributed by atoms with van der Waals surface area (Å²) in [6.07, 6.45) is 3.84. The third-order valence-corrected chi connectivity index (χ3v) is 4.40. The van der Waals surface area contributed by atoms with Gasteiger partial charge in [-0.25, -0.2) is 0 Å². The van der Waals surface area contributed by atoms with Gasteiger partial charge >= 0.3 is 0 Å². The lowest BCUT2D eigenvalue weighted by Crippen LogP contribution is -2.55. The maximum absolute atomic E-state index is 10.8. The lowest BCUT2D eigenvalue weighted by atomic mass is 9.99. The molecule has 2 saturated heterocycles. The van der Waals surface area contributed by atoms with Gasteiger partial charge in [-0.05, 0) is 25.5 Å². The number of anilines is 2. The molecule has 1 aromatic rings. The van der Waals surface area contributed by atoms with E-state index in [1.165, 1.54) is 31.9 Å². The second kappa shape index (κ2) is 5.28. The highest BCUT2D eigenvalue weighted by Crippen LogP contribution is 2.31. The number of hydrogen-bond donors (Lipinski definition) is 1. The SMILES string of the molecule is Nc1cc([N+](=O)[O-])ccc1N1CCN2CCCCC2C1. The van der Waals surface area contributed by atoms with Crippen LogP contribution in [0.4, 0.5) is 17.1 Å². The molecule has 0 saturated carbocycles. The quantitative estimate of drug-likeness (QED) is 0.507. The number of non-ortho nitro benzene ring substituents is 1. The van der Waals surface area contributed by atoms with Crippen LogP contribution in [0.15, 0.2) is 18.2 Å². The zero-order valence-electron chi connectivity index (χ0n) is 11.5. The molecule has 2 aliphatic heterocycles. The first-order valence-corrected chi connectivity index (χ1v) is 7.18. The van der Waals surface area contributed by atoms with Crippen LogP contribution >= 0.6 is 0 Å². The standard InChI is InChI=1S/C14H20N4O2/c15-13-9-11(18(19)20)4-5-14(13)17-8-7-16-6-2-1-3-12(16)10-17/h4-5,9,12H,1-3,6-8,10,15H2. The molecule has 0 amide bonds. The number of piperazine rings is 1. The minimum absolute atomic E-state index is 0.0579. The van der Waals surface area contributed by atoms with E-state index in [9.17, 15) is 10.1 Å². The van der Waals surface area contributed by atoms with Crippen LogP contribution in [0.2, 0.25) is 0 Å². The maximum atomic E-state index is 10.8. The Morgan fingerprint density at radius 1 is 1.25 bits per heavy atom. The molecule has 20 heavy (non-hydrogen) atoms. The fraction of sp³-hybridized carbons (Fsp3) is 0.571. The molecule has 1 atom stereocenters. The van der Waals surface area contributed by atoms with E-state index in [0.29, 0.717) is 11.7 Å².